The monoisotopic (exact) mass is 522 g/mol. The summed E-state index contributed by atoms with van der Waals surface area (Å²) in [4.78, 5) is 42.0. The van der Waals surface area contributed by atoms with Crippen molar-refractivity contribution in [2.45, 2.75) is 25.0 Å². The van der Waals surface area contributed by atoms with E-state index in [1.807, 2.05) is 6.92 Å². The number of nitro groups is 1. The zero-order valence-electron chi connectivity index (χ0n) is 19.5. The molecule has 0 spiro atoms. The van der Waals surface area contributed by atoms with Crippen LogP contribution in [0.5, 0.6) is 5.75 Å². The fraction of sp³-hybridized carbons (Fsp3) is 0.348. The lowest BCUT2D eigenvalue weighted by Gasteiger charge is -2.16. The van der Waals surface area contributed by atoms with E-state index in [0.717, 1.165) is 23.9 Å². The molecule has 3 rings (SSSR count). The van der Waals surface area contributed by atoms with Crippen LogP contribution in [0.4, 0.5) is 25.8 Å². The average Bonchev–Trinajstić information content (AvgIpc) is 3.12. The fourth-order valence-corrected chi connectivity index (χ4v) is 4.52. The third-order valence-corrected chi connectivity index (χ3v) is 6.24. The molecule has 0 unspecified atom stereocenters. The van der Waals surface area contributed by atoms with Crippen molar-refractivity contribution in [1.82, 2.24) is 4.90 Å². The van der Waals surface area contributed by atoms with Gasteiger partial charge in [-0.05, 0) is 37.6 Å². The average molecular weight is 523 g/mol. The SMILES string of the molecule is CCOCCCN1C(=O)[C@H](CC(=O)Nc2ccc(OC)cc2[N+](=O)[O-])SC1=Nc1ccc(F)cc1F. The summed E-state index contributed by atoms with van der Waals surface area (Å²) in [6, 6.07) is 6.86. The summed E-state index contributed by atoms with van der Waals surface area (Å²) < 4.78 is 37.7. The summed E-state index contributed by atoms with van der Waals surface area (Å²) in [5.41, 5.74) is -0.558. The molecule has 0 aromatic heterocycles. The Kier molecular flexibility index (Phi) is 9.31. The van der Waals surface area contributed by atoms with Crippen LogP contribution in [-0.2, 0) is 14.3 Å². The first-order valence-corrected chi connectivity index (χ1v) is 11.8. The molecule has 1 heterocycles. The Bertz CT molecular complexity index is 1180. The second kappa shape index (κ2) is 12.4. The molecule has 1 atom stereocenters. The van der Waals surface area contributed by atoms with E-state index in [-0.39, 0.29) is 40.9 Å². The molecule has 2 amide bonds. The van der Waals surface area contributed by atoms with Crippen LogP contribution in [0.15, 0.2) is 41.4 Å². The van der Waals surface area contributed by atoms with E-state index in [4.69, 9.17) is 9.47 Å². The van der Waals surface area contributed by atoms with Crippen LogP contribution in [0.1, 0.15) is 19.8 Å². The van der Waals surface area contributed by atoms with Gasteiger partial charge in [0.2, 0.25) is 11.8 Å². The second-order valence-electron chi connectivity index (χ2n) is 7.53. The molecule has 0 bridgehead atoms. The lowest BCUT2D eigenvalue weighted by Crippen LogP contribution is -2.34. The molecular weight excluding hydrogens is 498 g/mol. The number of aliphatic imine (C=N–C) groups is 1. The molecule has 1 N–H and O–H groups in total. The van der Waals surface area contributed by atoms with Crippen LogP contribution in [0, 0.1) is 21.7 Å². The molecule has 1 fully saturated rings. The van der Waals surface area contributed by atoms with Gasteiger partial charge >= 0.3 is 0 Å². The number of ether oxygens (including phenoxy) is 2. The minimum absolute atomic E-state index is 0.0444. The highest BCUT2D eigenvalue weighted by molar-refractivity contribution is 8.15. The molecule has 0 radical (unpaired) electrons. The Morgan fingerprint density at radius 2 is 2.06 bits per heavy atom. The molecule has 0 saturated carbocycles. The zero-order chi connectivity index (χ0) is 26.2. The molecule has 1 aliphatic rings. The van der Waals surface area contributed by atoms with E-state index < -0.39 is 33.6 Å². The number of hydrogen-bond donors (Lipinski definition) is 1. The van der Waals surface area contributed by atoms with Crippen LogP contribution in [0.2, 0.25) is 0 Å². The van der Waals surface area contributed by atoms with E-state index in [1.165, 1.54) is 30.2 Å². The highest BCUT2D eigenvalue weighted by Crippen LogP contribution is 2.34. The smallest absolute Gasteiger partial charge is 0.296 e. The molecule has 10 nitrogen and oxygen atoms in total. The van der Waals surface area contributed by atoms with Crippen LogP contribution in [0.3, 0.4) is 0 Å². The normalized spacial score (nSPS) is 16.4. The Morgan fingerprint density at radius 1 is 1.28 bits per heavy atom. The van der Waals surface area contributed by atoms with Gasteiger partial charge in [0.25, 0.3) is 5.69 Å². The van der Waals surface area contributed by atoms with Crippen molar-refractivity contribution in [3.63, 3.8) is 0 Å². The number of rotatable bonds is 11. The molecule has 2 aromatic rings. The number of halogens is 2. The fourth-order valence-electron chi connectivity index (χ4n) is 3.34. The summed E-state index contributed by atoms with van der Waals surface area (Å²) in [5, 5.41) is 13.1. The number of amidine groups is 1. The maximum absolute atomic E-state index is 14.2. The third-order valence-electron chi connectivity index (χ3n) is 5.07. The number of nitrogens with one attached hydrogen (secondary N) is 1. The number of methoxy groups -OCH3 is 1. The van der Waals surface area contributed by atoms with Gasteiger partial charge in [0.1, 0.15) is 28.2 Å². The third kappa shape index (κ3) is 6.76. The molecule has 36 heavy (non-hydrogen) atoms. The summed E-state index contributed by atoms with van der Waals surface area (Å²) >= 11 is 0.964. The van der Waals surface area contributed by atoms with Crippen molar-refractivity contribution >= 4 is 45.8 Å². The van der Waals surface area contributed by atoms with Crippen molar-refractivity contribution in [1.29, 1.82) is 0 Å². The summed E-state index contributed by atoms with van der Waals surface area (Å²) in [6.07, 6.45) is 0.168. The van der Waals surface area contributed by atoms with Crippen LogP contribution in [0.25, 0.3) is 0 Å². The molecule has 0 aliphatic carbocycles. The maximum atomic E-state index is 14.2. The number of carbonyl (C=O) groups is 2. The number of benzene rings is 2. The van der Waals surface area contributed by atoms with Crippen molar-refractivity contribution < 1.29 is 32.8 Å². The van der Waals surface area contributed by atoms with E-state index in [1.54, 1.807) is 0 Å². The number of carbonyl (C=O) groups excluding carboxylic acids is 2. The van der Waals surface area contributed by atoms with Crippen LogP contribution < -0.4 is 10.1 Å². The van der Waals surface area contributed by atoms with Gasteiger partial charge in [-0.2, -0.15) is 0 Å². The first kappa shape index (κ1) is 27.0. The first-order valence-electron chi connectivity index (χ1n) is 10.9. The second-order valence-corrected chi connectivity index (χ2v) is 8.70. The zero-order valence-corrected chi connectivity index (χ0v) is 20.3. The first-order chi connectivity index (χ1) is 17.2. The highest BCUT2D eigenvalue weighted by Gasteiger charge is 2.39. The van der Waals surface area contributed by atoms with Crippen molar-refractivity contribution in [3.8, 4) is 5.75 Å². The Hall–Kier alpha value is -3.58. The number of thioether (sulfide) groups is 1. The van der Waals surface area contributed by atoms with Gasteiger partial charge in [0, 0.05) is 32.2 Å². The predicted molar refractivity (Wildman–Crippen MR) is 131 cm³/mol. The van der Waals surface area contributed by atoms with Gasteiger partial charge in [-0.15, -0.1) is 0 Å². The van der Waals surface area contributed by atoms with Gasteiger partial charge in [-0.3, -0.25) is 24.6 Å². The minimum Gasteiger partial charge on any atom is -0.496 e. The summed E-state index contributed by atoms with van der Waals surface area (Å²) in [6.45, 7) is 2.94. The van der Waals surface area contributed by atoms with Crippen molar-refractivity contribution in [2.75, 3.05) is 32.2 Å². The van der Waals surface area contributed by atoms with Gasteiger partial charge in [0.15, 0.2) is 11.0 Å². The summed E-state index contributed by atoms with van der Waals surface area (Å²) in [5.74, 6) is -2.45. The van der Waals surface area contributed by atoms with E-state index in [9.17, 15) is 28.5 Å². The van der Waals surface area contributed by atoms with Crippen molar-refractivity contribution in [2.24, 2.45) is 4.99 Å². The highest BCUT2D eigenvalue weighted by atomic mass is 32.2. The Morgan fingerprint density at radius 3 is 2.72 bits per heavy atom. The van der Waals surface area contributed by atoms with Crippen LogP contribution >= 0.6 is 11.8 Å². The van der Waals surface area contributed by atoms with Gasteiger partial charge in [-0.1, -0.05) is 11.8 Å². The van der Waals surface area contributed by atoms with Crippen molar-refractivity contribution in [3.05, 3.63) is 58.1 Å². The van der Waals surface area contributed by atoms with Gasteiger partial charge in [-0.25, -0.2) is 13.8 Å². The number of nitro benzene ring substituents is 1. The maximum Gasteiger partial charge on any atom is 0.296 e. The lowest BCUT2D eigenvalue weighted by molar-refractivity contribution is -0.384. The summed E-state index contributed by atoms with van der Waals surface area (Å²) in [7, 11) is 1.36. The number of nitrogens with zero attached hydrogens (tertiary/aromatic N) is 3. The van der Waals surface area contributed by atoms with Crippen LogP contribution in [-0.4, -0.2) is 58.9 Å². The lowest BCUT2D eigenvalue weighted by atomic mass is 10.2. The minimum atomic E-state index is -0.892. The van der Waals surface area contributed by atoms with Gasteiger partial charge < -0.3 is 14.8 Å². The molecule has 13 heteroatoms. The Balaban J connectivity index is 1.78. The molecule has 1 saturated heterocycles. The molecular formula is C23H24F2N4O6S. The molecule has 2 aromatic carbocycles. The largest absolute Gasteiger partial charge is 0.496 e. The quantitative estimate of drug-likeness (QED) is 0.266. The van der Waals surface area contributed by atoms with E-state index in [0.29, 0.717) is 25.7 Å². The van der Waals surface area contributed by atoms with Gasteiger partial charge in [0.05, 0.1) is 18.1 Å². The van der Waals surface area contributed by atoms with E-state index in [2.05, 4.69) is 10.3 Å². The number of amides is 2. The standard InChI is InChI=1S/C23H24F2N4O6S/c1-3-35-10-4-9-28-22(31)20(36-23(28)27-17-7-5-14(24)11-16(17)25)13-21(30)26-18-8-6-15(34-2)12-19(18)29(32)33/h5-8,11-12,20H,3-4,9-10,13H2,1-2H3,(H,26,30)/t20-/m0/s1. The molecule has 1 aliphatic heterocycles. The number of hydrogen-bond acceptors (Lipinski definition) is 8. The molecule has 192 valence electrons. The predicted octanol–water partition coefficient (Wildman–Crippen LogP) is 4.27. The van der Waals surface area contributed by atoms with E-state index >= 15 is 0 Å². The number of anilines is 1. The Labute approximate surface area is 209 Å². The topological polar surface area (TPSA) is 123 Å².